The molecule has 2 heterocycles. The van der Waals surface area contributed by atoms with E-state index in [1.165, 1.54) is 0 Å². The largest absolute Gasteiger partial charge is 0.325 e. The number of hydrogen-bond acceptors (Lipinski definition) is 3. The Balaban J connectivity index is 1.42. The van der Waals surface area contributed by atoms with Crippen LogP contribution < -0.4 is 5.32 Å². The molecule has 5 heteroatoms. The van der Waals surface area contributed by atoms with Gasteiger partial charge in [0.05, 0.1) is 6.54 Å². The lowest BCUT2D eigenvalue weighted by Gasteiger charge is -2.31. The second kappa shape index (κ2) is 7.42. The Bertz CT molecular complexity index is 630. The number of likely N-dealkylation sites (tertiary alicyclic amines) is 1. The van der Waals surface area contributed by atoms with Crippen LogP contribution in [0.2, 0.25) is 0 Å². The van der Waals surface area contributed by atoms with Crippen LogP contribution in [-0.4, -0.2) is 40.2 Å². The van der Waals surface area contributed by atoms with E-state index in [1.807, 2.05) is 54.3 Å². The van der Waals surface area contributed by atoms with Crippen molar-refractivity contribution in [1.82, 2.24) is 14.7 Å². The fourth-order valence-corrected chi connectivity index (χ4v) is 3.13. The molecular weight excluding hydrogens is 288 g/mol. The van der Waals surface area contributed by atoms with E-state index in [0.29, 0.717) is 12.5 Å². The Morgan fingerprint density at radius 2 is 2.13 bits per heavy atom. The first-order valence-electron chi connectivity index (χ1n) is 8.25. The SMILES string of the molecule is Cc1cccc(NC(=O)CN2CCC(Cn3cccn3)CC2)c1. The zero-order valence-corrected chi connectivity index (χ0v) is 13.6. The molecule has 0 saturated carbocycles. The molecule has 1 aliphatic rings. The summed E-state index contributed by atoms with van der Waals surface area (Å²) in [5.74, 6) is 0.729. The fraction of sp³-hybridized carbons (Fsp3) is 0.444. The van der Waals surface area contributed by atoms with Gasteiger partial charge in [0.15, 0.2) is 0 Å². The molecule has 0 atom stereocenters. The van der Waals surface area contributed by atoms with E-state index < -0.39 is 0 Å². The topological polar surface area (TPSA) is 50.2 Å². The molecule has 122 valence electrons. The molecule has 1 fully saturated rings. The van der Waals surface area contributed by atoms with E-state index in [4.69, 9.17) is 0 Å². The number of anilines is 1. The second-order valence-electron chi connectivity index (χ2n) is 6.37. The lowest BCUT2D eigenvalue weighted by Crippen LogP contribution is -2.40. The molecule has 0 aliphatic carbocycles. The standard InChI is InChI=1S/C18H24N4O/c1-15-4-2-5-17(12-15)20-18(23)14-21-10-6-16(7-11-21)13-22-9-3-8-19-22/h2-5,8-9,12,16H,6-7,10-11,13-14H2,1H3,(H,20,23). The van der Waals surface area contributed by atoms with E-state index in [9.17, 15) is 4.79 Å². The summed E-state index contributed by atoms with van der Waals surface area (Å²) < 4.78 is 2.00. The maximum atomic E-state index is 12.2. The lowest BCUT2D eigenvalue weighted by atomic mass is 9.97. The van der Waals surface area contributed by atoms with Crippen LogP contribution in [0.4, 0.5) is 5.69 Å². The molecule has 1 aromatic carbocycles. The highest BCUT2D eigenvalue weighted by Gasteiger charge is 2.21. The normalized spacial score (nSPS) is 16.4. The average Bonchev–Trinajstić information content (AvgIpc) is 3.02. The predicted octanol–water partition coefficient (Wildman–Crippen LogP) is 2.54. The Hall–Kier alpha value is -2.14. The van der Waals surface area contributed by atoms with Crippen molar-refractivity contribution in [3.63, 3.8) is 0 Å². The average molecular weight is 312 g/mol. The van der Waals surface area contributed by atoms with Gasteiger partial charge >= 0.3 is 0 Å². The van der Waals surface area contributed by atoms with E-state index in [-0.39, 0.29) is 5.91 Å². The molecule has 5 nitrogen and oxygen atoms in total. The molecule has 0 unspecified atom stereocenters. The van der Waals surface area contributed by atoms with Crippen LogP contribution in [0.1, 0.15) is 18.4 Å². The highest BCUT2D eigenvalue weighted by Crippen LogP contribution is 2.19. The molecule has 1 aliphatic heterocycles. The van der Waals surface area contributed by atoms with Crippen molar-refractivity contribution < 1.29 is 4.79 Å². The van der Waals surface area contributed by atoms with Crippen molar-refractivity contribution in [2.75, 3.05) is 25.0 Å². The molecule has 0 bridgehead atoms. The predicted molar refractivity (Wildman–Crippen MR) is 91.2 cm³/mol. The highest BCUT2D eigenvalue weighted by molar-refractivity contribution is 5.92. The van der Waals surface area contributed by atoms with Gasteiger partial charge in [-0.1, -0.05) is 12.1 Å². The smallest absolute Gasteiger partial charge is 0.238 e. The molecule has 1 N–H and O–H groups in total. The van der Waals surface area contributed by atoms with Crippen LogP contribution in [-0.2, 0) is 11.3 Å². The number of nitrogens with zero attached hydrogens (tertiary/aromatic N) is 3. The summed E-state index contributed by atoms with van der Waals surface area (Å²) in [6.07, 6.45) is 6.08. The van der Waals surface area contributed by atoms with Gasteiger partial charge in [-0.15, -0.1) is 0 Å². The van der Waals surface area contributed by atoms with Crippen molar-refractivity contribution >= 4 is 11.6 Å². The number of rotatable bonds is 5. The molecule has 1 aromatic heterocycles. The molecule has 1 saturated heterocycles. The number of carbonyl (C=O) groups is 1. The zero-order chi connectivity index (χ0) is 16.1. The number of piperidine rings is 1. The molecule has 0 radical (unpaired) electrons. The number of amides is 1. The first kappa shape index (κ1) is 15.7. The number of aromatic nitrogens is 2. The minimum absolute atomic E-state index is 0.0705. The third-order valence-corrected chi connectivity index (χ3v) is 4.38. The molecule has 0 spiro atoms. The van der Waals surface area contributed by atoms with Crippen molar-refractivity contribution in [3.8, 4) is 0 Å². The van der Waals surface area contributed by atoms with Gasteiger partial charge in [0.25, 0.3) is 0 Å². The Kier molecular flexibility index (Phi) is 5.08. The minimum Gasteiger partial charge on any atom is -0.325 e. The molecule has 23 heavy (non-hydrogen) atoms. The van der Waals surface area contributed by atoms with Gasteiger partial charge in [0, 0.05) is 24.6 Å². The van der Waals surface area contributed by atoms with Gasteiger partial charge < -0.3 is 5.32 Å². The van der Waals surface area contributed by atoms with Gasteiger partial charge in [-0.25, -0.2) is 0 Å². The van der Waals surface area contributed by atoms with Crippen molar-refractivity contribution in [2.24, 2.45) is 5.92 Å². The van der Waals surface area contributed by atoms with E-state index >= 15 is 0 Å². The van der Waals surface area contributed by atoms with Gasteiger partial charge in [-0.2, -0.15) is 5.10 Å². The van der Waals surface area contributed by atoms with Crippen molar-refractivity contribution in [2.45, 2.75) is 26.3 Å². The van der Waals surface area contributed by atoms with E-state index in [2.05, 4.69) is 15.3 Å². The number of nitrogens with one attached hydrogen (secondary N) is 1. The Morgan fingerprint density at radius 1 is 1.30 bits per heavy atom. The monoisotopic (exact) mass is 312 g/mol. The molecular formula is C18H24N4O. The van der Waals surface area contributed by atoms with Crippen molar-refractivity contribution in [3.05, 3.63) is 48.3 Å². The van der Waals surface area contributed by atoms with Crippen molar-refractivity contribution in [1.29, 1.82) is 0 Å². The van der Waals surface area contributed by atoms with Gasteiger partial charge in [0.1, 0.15) is 0 Å². The summed E-state index contributed by atoms with van der Waals surface area (Å²) in [6, 6.07) is 9.88. The summed E-state index contributed by atoms with van der Waals surface area (Å²) in [4.78, 5) is 14.4. The fourth-order valence-electron chi connectivity index (χ4n) is 3.13. The summed E-state index contributed by atoms with van der Waals surface area (Å²) in [7, 11) is 0. The Morgan fingerprint density at radius 3 is 2.83 bits per heavy atom. The van der Waals surface area contributed by atoms with Crippen LogP contribution in [0.3, 0.4) is 0 Å². The summed E-state index contributed by atoms with van der Waals surface area (Å²) in [5.41, 5.74) is 2.03. The zero-order valence-electron chi connectivity index (χ0n) is 13.6. The second-order valence-corrected chi connectivity index (χ2v) is 6.37. The van der Waals surface area contributed by atoms with E-state index in [0.717, 1.165) is 43.7 Å². The Labute approximate surface area is 137 Å². The highest BCUT2D eigenvalue weighted by atomic mass is 16.2. The molecule has 2 aromatic rings. The third kappa shape index (κ3) is 4.66. The van der Waals surface area contributed by atoms with Gasteiger partial charge in [0.2, 0.25) is 5.91 Å². The minimum atomic E-state index is 0.0705. The molecule has 3 rings (SSSR count). The number of carbonyl (C=O) groups excluding carboxylic acids is 1. The maximum absolute atomic E-state index is 12.2. The van der Waals surface area contributed by atoms with Crippen LogP contribution >= 0.6 is 0 Å². The summed E-state index contributed by atoms with van der Waals surface area (Å²) in [5, 5.41) is 7.25. The summed E-state index contributed by atoms with van der Waals surface area (Å²) >= 11 is 0. The third-order valence-electron chi connectivity index (χ3n) is 4.38. The maximum Gasteiger partial charge on any atom is 0.238 e. The van der Waals surface area contributed by atoms with Gasteiger partial charge in [-0.3, -0.25) is 14.4 Å². The first-order valence-corrected chi connectivity index (χ1v) is 8.25. The number of aryl methyl sites for hydroxylation is 1. The van der Waals surface area contributed by atoms with E-state index in [1.54, 1.807) is 0 Å². The quantitative estimate of drug-likeness (QED) is 0.923. The van der Waals surface area contributed by atoms with Crippen LogP contribution in [0.25, 0.3) is 0 Å². The molecule has 1 amide bonds. The van der Waals surface area contributed by atoms with Gasteiger partial charge in [-0.05, 0) is 62.5 Å². The van der Waals surface area contributed by atoms with Crippen LogP contribution in [0.15, 0.2) is 42.7 Å². The van der Waals surface area contributed by atoms with Crippen LogP contribution in [0, 0.1) is 12.8 Å². The number of benzene rings is 1. The summed E-state index contributed by atoms with van der Waals surface area (Å²) in [6.45, 7) is 5.44. The van der Waals surface area contributed by atoms with Crippen LogP contribution in [0.5, 0.6) is 0 Å². The number of hydrogen-bond donors (Lipinski definition) is 1. The first-order chi connectivity index (χ1) is 11.2. The lowest BCUT2D eigenvalue weighted by molar-refractivity contribution is -0.117.